The molecule has 1 aromatic carbocycles. The first kappa shape index (κ1) is 16.3. The summed E-state index contributed by atoms with van der Waals surface area (Å²) in [5.41, 5.74) is 1.42. The van der Waals surface area contributed by atoms with Crippen LogP contribution in [0.25, 0.3) is 10.9 Å². The topological polar surface area (TPSA) is 86.5 Å². The minimum absolute atomic E-state index is 0.154. The van der Waals surface area contributed by atoms with Gasteiger partial charge < -0.3 is 19.6 Å². The number of para-hydroxylation sites is 1. The summed E-state index contributed by atoms with van der Waals surface area (Å²) in [4.78, 5) is 15.2. The summed E-state index contributed by atoms with van der Waals surface area (Å²) in [6.45, 7) is 3.77. The highest BCUT2D eigenvalue weighted by Gasteiger charge is 2.26. The van der Waals surface area contributed by atoms with Gasteiger partial charge in [0.25, 0.3) is 0 Å². The molecule has 0 amide bonds. The normalized spacial score (nSPS) is 12.8. The number of hydrogen-bond donors (Lipinski definition) is 3. The average Bonchev–Trinajstić information content (AvgIpc) is 2.99. The van der Waals surface area contributed by atoms with Gasteiger partial charge in [0.15, 0.2) is 5.76 Å². The molecule has 0 aliphatic heterocycles. The molecule has 126 valence electrons. The summed E-state index contributed by atoms with van der Waals surface area (Å²) in [5, 5.41) is 20.6. The molecule has 5 nitrogen and oxygen atoms in total. The lowest BCUT2D eigenvalue weighted by atomic mass is 9.87. The Kier molecular flexibility index (Phi) is 4.44. The third kappa shape index (κ3) is 2.95. The number of fused-ring (bicyclic) bond motifs is 1. The van der Waals surface area contributed by atoms with Gasteiger partial charge in [0.05, 0.1) is 0 Å². The zero-order valence-corrected chi connectivity index (χ0v) is 13.7. The molecular weight excluding hydrogens is 306 g/mol. The van der Waals surface area contributed by atoms with Crippen molar-refractivity contribution in [3.05, 3.63) is 63.8 Å². The standard InChI is InChI=1S/C19H21NO4/c1-11(2)7-14(15-9-20-16-6-4-3-5-13(15)16)19-18(23)17(22)8-12(10-21)24-19/h3-6,8-9,11,14,20-21,23H,7,10H2,1-2H3. The highest BCUT2D eigenvalue weighted by Crippen LogP contribution is 2.38. The van der Waals surface area contributed by atoms with Crippen LogP contribution in [0.2, 0.25) is 0 Å². The van der Waals surface area contributed by atoms with Gasteiger partial charge in [-0.1, -0.05) is 32.0 Å². The van der Waals surface area contributed by atoms with E-state index in [0.717, 1.165) is 22.5 Å². The summed E-state index contributed by atoms with van der Waals surface area (Å²) in [6.07, 6.45) is 2.59. The molecule has 0 fully saturated rings. The lowest BCUT2D eigenvalue weighted by Gasteiger charge is -2.19. The SMILES string of the molecule is CC(C)CC(c1oc(CO)cc(=O)c1O)c1c[nH]c2ccccc12. The Hall–Kier alpha value is -2.53. The molecule has 0 spiro atoms. The predicted octanol–water partition coefficient (Wildman–Crippen LogP) is 3.50. The molecule has 5 heteroatoms. The summed E-state index contributed by atoms with van der Waals surface area (Å²) >= 11 is 0. The van der Waals surface area contributed by atoms with Crippen molar-refractivity contribution in [1.82, 2.24) is 4.98 Å². The highest BCUT2D eigenvalue weighted by molar-refractivity contribution is 5.84. The number of aliphatic hydroxyl groups excluding tert-OH is 1. The Morgan fingerprint density at radius 1 is 1.25 bits per heavy atom. The second-order valence-electron chi connectivity index (χ2n) is 6.42. The van der Waals surface area contributed by atoms with Crippen LogP contribution in [0.1, 0.15) is 43.3 Å². The lowest BCUT2D eigenvalue weighted by Crippen LogP contribution is -2.11. The van der Waals surface area contributed by atoms with Gasteiger partial charge in [-0.05, 0) is 24.0 Å². The smallest absolute Gasteiger partial charge is 0.227 e. The Morgan fingerprint density at radius 3 is 2.71 bits per heavy atom. The third-order valence-corrected chi connectivity index (χ3v) is 4.18. The summed E-state index contributed by atoms with van der Waals surface area (Å²) < 4.78 is 5.66. The minimum Gasteiger partial charge on any atom is -0.502 e. The Bertz CT molecular complexity index is 907. The molecule has 0 saturated heterocycles. The van der Waals surface area contributed by atoms with E-state index >= 15 is 0 Å². The first-order chi connectivity index (χ1) is 11.5. The first-order valence-corrected chi connectivity index (χ1v) is 8.04. The van der Waals surface area contributed by atoms with E-state index in [1.54, 1.807) is 0 Å². The van der Waals surface area contributed by atoms with Crippen molar-refractivity contribution in [1.29, 1.82) is 0 Å². The molecule has 3 rings (SSSR count). The Balaban J connectivity index is 2.21. The number of nitrogens with one attached hydrogen (secondary N) is 1. The number of aromatic nitrogens is 1. The van der Waals surface area contributed by atoms with E-state index in [4.69, 9.17) is 4.42 Å². The van der Waals surface area contributed by atoms with E-state index in [2.05, 4.69) is 18.8 Å². The maximum Gasteiger partial charge on any atom is 0.227 e. The molecule has 3 N–H and O–H groups in total. The molecule has 3 aromatic rings. The van der Waals surface area contributed by atoms with E-state index in [0.29, 0.717) is 12.3 Å². The predicted molar refractivity (Wildman–Crippen MR) is 92.2 cm³/mol. The molecule has 1 atom stereocenters. The van der Waals surface area contributed by atoms with Gasteiger partial charge in [0.1, 0.15) is 12.4 Å². The largest absolute Gasteiger partial charge is 0.502 e. The second-order valence-corrected chi connectivity index (χ2v) is 6.42. The molecule has 1 unspecified atom stereocenters. The van der Waals surface area contributed by atoms with Gasteiger partial charge in [0, 0.05) is 29.1 Å². The fourth-order valence-corrected chi connectivity index (χ4v) is 3.10. The van der Waals surface area contributed by atoms with Crippen molar-refractivity contribution in [2.24, 2.45) is 5.92 Å². The van der Waals surface area contributed by atoms with Crippen LogP contribution in [-0.4, -0.2) is 15.2 Å². The van der Waals surface area contributed by atoms with E-state index in [9.17, 15) is 15.0 Å². The zero-order valence-electron chi connectivity index (χ0n) is 13.7. The number of rotatable bonds is 5. The van der Waals surface area contributed by atoms with E-state index in [-0.39, 0.29) is 29.8 Å². The average molecular weight is 327 g/mol. The number of hydrogen-bond acceptors (Lipinski definition) is 4. The number of aliphatic hydroxyl groups is 1. The van der Waals surface area contributed by atoms with Crippen molar-refractivity contribution in [3.8, 4) is 5.75 Å². The Labute approximate surface area is 139 Å². The van der Waals surface area contributed by atoms with Crippen molar-refractivity contribution >= 4 is 10.9 Å². The molecule has 0 radical (unpaired) electrons. The lowest BCUT2D eigenvalue weighted by molar-refractivity contribution is 0.232. The van der Waals surface area contributed by atoms with Crippen molar-refractivity contribution in [2.75, 3.05) is 0 Å². The van der Waals surface area contributed by atoms with E-state index in [1.165, 1.54) is 0 Å². The molecule has 0 aliphatic rings. The summed E-state index contributed by atoms with van der Waals surface area (Å²) in [6, 6.07) is 9.00. The van der Waals surface area contributed by atoms with Gasteiger partial charge in [0.2, 0.25) is 11.2 Å². The van der Waals surface area contributed by atoms with E-state index < -0.39 is 5.43 Å². The van der Waals surface area contributed by atoms with Crippen LogP contribution < -0.4 is 5.43 Å². The molecule has 0 saturated carbocycles. The molecular formula is C19H21NO4. The van der Waals surface area contributed by atoms with Crippen LogP contribution in [0, 0.1) is 5.92 Å². The molecule has 0 aliphatic carbocycles. The summed E-state index contributed by atoms with van der Waals surface area (Å²) in [5.74, 6) is 0.0287. The van der Waals surface area contributed by atoms with Crippen molar-refractivity contribution in [3.63, 3.8) is 0 Å². The number of H-pyrrole nitrogens is 1. The third-order valence-electron chi connectivity index (χ3n) is 4.18. The maximum absolute atomic E-state index is 12.0. The maximum atomic E-state index is 12.0. The van der Waals surface area contributed by atoms with Crippen LogP contribution >= 0.6 is 0 Å². The molecule has 2 heterocycles. The molecule has 24 heavy (non-hydrogen) atoms. The van der Waals surface area contributed by atoms with Gasteiger partial charge in [-0.3, -0.25) is 4.79 Å². The number of benzene rings is 1. The quantitative estimate of drug-likeness (QED) is 0.669. The second kappa shape index (κ2) is 6.53. The van der Waals surface area contributed by atoms with Crippen LogP contribution in [-0.2, 0) is 6.61 Å². The first-order valence-electron chi connectivity index (χ1n) is 8.04. The fraction of sp³-hybridized carbons (Fsp3) is 0.316. The van der Waals surface area contributed by atoms with Crippen LogP contribution in [0.3, 0.4) is 0 Å². The molecule has 0 bridgehead atoms. The highest BCUT2D eigenvalue weighted by atomic mass is 16.4. The summed E-state index contributed by atoms with van der Waals surface area (Å²) in [7, 11) is 0. The Morgan fingerprint density at radius 2 is 2.00 bits per heavy atom. The van der Waals surface area contributed by atoms with Gasteiger partial charge >= 0.3 is 0 Å². The van der Waals surface area contributed by atoms with Crippen LogP contribution in [0.4, 0.5) is 0 Å². The van der Waals surface area contributed by atoms with E-state index in [1.807, 2.05) is 30.5 Å². The molecule has 2 aromatic heterocycles. The van der Waals surface area contributed by atoms with Gasteiger partial charge in [-0.25, -0.2) is 0 Å². The zero-order chi connectivity index (χ0) is 17.3. The van der Waals surface area contributed by atoms with Crippen molar-refractivity contribution in [2.45, 2.75) is 32.8 Å². The number of aromatic amines is 1. The fourth-order valence-electron chi connectivity index (χ4n) is 3.10. The monoisotopic (exact) mass is 327 g/mol. The number of aromatic hydroxyl groups is 1. The van der Waals surface area contributed by atoms with Crippen molar-refractivity contribution < 1.29 is 14.6 Å². The minimum atomic E-state index is -0.533. The van der Waals surface area contributed by atoms with Crippen LogP contribution in [0.15, 0.2) is 45.7 Å². The van der Waals surface area contributed by atoms with Gasteiger partial charge in [-0.2, -0.15) is 0 Å². The van der Waals surface area contributed by atoms with Gasteiger partial charge in [-0.15, -0.1) is 0 Å². The van der Waals surface area contributed by atoms with Crippen LogP contribution in [0.5, 0.6) is 5.75 Å².